The lowest BCUT2D eigenvalue weighted by Crippen LogP contribution is -2.45. The van der Waals surface area contributed by atoms with E-state index in [1.54, 1.807) is 0 Å². The lowest BCUT2D eigenvalue weighted by atomic mass is 9.86. The zero-order chi connectivity index (χ0) is 16.9. The molecule has 0 spiro atoms. The van der Waals surface area contributed by atoms with Gasteiger partial charge in [-0.3, -0.25) is 0 Å². The van der Waals surface area contributed by atoms with Crippen LogP contribution >= 0.6 is 0 Å². The lowest BCUT2D eigenvalue weighted by Gasteiger charge is -2.34. The molecule has 3 rings (SSSR count). The first-order valence-electron chi connectivity index (χ1n) is 9.21. The van der Waals surface area contributed by atoms with Crippen LogP contribution in [0.1, 0.15) is 56.6 Å². The van der Waals surface area contributed by atoms with Crippen molar-refractivity contribution in [3.05, 3.63) is 11.6 Å². The van der Waals surface area contributed by atoms with Gasteiger partial charge in [0, 0.05) is 32.7 Å². The Hall–Kier alpha value is -1.63. The molecule has 2 aliphatic rings. The van der Waals surface area contributed by atoms with Crippen molar-refractivity contribution in [1.82, 2.24) is 25.0 Å². The first-order valence-corrected chi connectivity index (χ1v) is 9.21. The largest absolute Gasteiger partial charge is 0.396 e. The van der Waals surface area contributed by atoms with Gasteiger partial charge in [0.25, 0.3) is 0 Å². The van der Waals surface area contributed by atoms with Crippen LogP contribution in [-0.2, 0) is 19.5 Å². The van der Waals surface area contributed by atoms with Crippen molar-refractivity contribution < 1.29 is 9.90 Å². The third kappa shape index (κ3) is 3.88. The molecule has 7 nitrogen and oxygen atoms in total. The van der Waals surface area contributed by atoms with Crippen molar-refractivity contribution in [2.24, 2.45) is 5.92 Å². The number of hydrogen-bond acceptors (Lipinski definition) is 4. The Morgan fingerprint density at radius 3 is 2.79 bits per heavy atom. The molecule has 7 heteroatoms. The molecule has 1 aromatic heterocycles. The lowest BCUT2D eigenvalue weighted by molar-refractivity contribution is 0.134. The number of amides is 2. The van der Waals surface area contributed by atoms with Gasteiger partial charge in [-0.1, -0.05) is 6.42 Å². The quantitative estimate of drug-likeness (QED) is 0.877. The highest BCUT2D eigenvalue weighted by atomic mass is 16.3. The van der Waals surface area contributed by atoms with E-state index < -0.39 is 0 Å². The summed E-state index contributed by atoms with van der Waals surface area (Å²) in [7, 11) is 1.86. The second-order valence-electron chi connectivity index (χ2n) is 7.12. The smallest absolute Gasteiger partial charge is 0.317 e. The minimum Gasteiger partial charge on any atom is -0.396 e. The van der Waals surface area contributed by atoms with E-state index in [0.717, 1.165) is 56.7 Å². The SMILES string of the molecule is CN(C(=O)NCc1nnc2n1CCCCC2)C1CCC(CO)CC1. The third-order valence-electron chi connectivity index (χ3n) is 5.53. The van der Waals surface area contributed by atoms with Crippen LogP contribution in [0.15, 0.2) is 0 Å². The molecule has 0 aromatic carbocycles. The number of nitrogens with zero attached hydrogens (tertiary/aromatic N) is 4. The Morgan fingerprint density at radius 2 is 2.04 bits per heavy atom. The Morgan fingerprint density at radius 1 is 1.25 bits per heavy atom. The number of urea groups is 1. The number of nitrogens with one attached hydrogen (secondary N) is 1. The molecule has 0 saturated heterocycles. The minimum absolute atomic E-state index is 0.0478. The molecule has 2 N–H and O–H groups in total. The van der Waals surface area contributed by atoms with E-state index in [9.17, 15) is 9.90 Å². The van der Waals surface area contributed by atoms with Gasteiger partial charge in [0.05, 0.1) is 6.54 Å². The van der Waals surface area contributed by atoms with E-state index >= 15 is 0 Å². The fourth-order valence-electron chi connectivity index (χ4n) is 3.84. The van der Waals surface area contributed by atoms with Crippen molar-refractivity contribution in [1.29, 1.82) is 0 Å². The van der Waals surface area contributed by atoms with Gasteiger partial charge in [0.1, 0.15) is 5.82 Å². The highest BCUT2D eigenvalue weighted by molar-refractivity contribution is 5.74. The van der Waals surface area contributed by atoms with Crippen LogP contribution in [0.2, 0.25) is 0 Å². The predicted molar refractivity (Wildman–Crippen MR) is 90.4 cm³/mol. The predicted octanol–water partition coefficient (Wildman–Crippen LogP) is 1.70. The zero-order valence-electron chi connectivity index (χ0n) is 14.6. The molecule has 1 aliphatic carbocycles. The number of carbonyl (C=O) groups is 1. The normalized spacial score (nSPS) is 24.1. The summed E-state index contributed by atoms with van der Waals surface area (Å²) < 4.78 is 2.17. The maximum atomic E-state index is 12.4. The molecule has 24 heavy (non-hydrogen) atoms. The molecule has 1 saturated carbocycles. The molecule has 0 unspecified atom stereocenters. The molecular weight excluding hydrogens is 306 g/mol. The van der Waals surface area contributed by atoms with Gasteiger partial charge in [0.15, 0.2) is 5.82 Å². The first kappa shape index (κ1) is 17.2. The van der Waals surface area contributed by atoms with Crippen LogP contribution < -0.4 is 5.32 Å². The van der Waals surface area contributed by atoms with Gasteiger partial charge >= 0.3 is 6.03 Å². The van der Waals surface area contributed by atoms with Crippen LogP contribution in [0.3, 0.4) is 0 Å². The Bertz CT molecular complexity index is 551. The molecule has 0 bridgehead atoms. The van der Waals surface area contributed by atoms with Gasteiger partial charge in [-0.05, 0) is 44.4 Å². The third-order valence-corrected chi connectivity index (χ3v) is 5.53. The fraction of sp³-hybridized carbons (Fsp3) is 0.824. The monoisotopic (exact) mass is 335 g/mol. The van der Waals surface area contributed by atoms with Crippen molar-refractivity contribution in [2.75, 3.05) is 13.7 Å². The second-order valence-corrected chi connectivity index (χ2v) is 7.12. The average Bonchev–Trinajstić information content (AvgIpc) is 2.85. The minimum atomic E-state index is -0.0478. The summed E-state index contributed by atoms with van der Waals surface area (Å²) in [5, 5.41) is 20.7. The van der Waals surface area contributed by atoms with E-state index in [1.807, 2.05) is 11.9 Å². The molecule has 2 heterocycles. The van der Waals surface area contributed by atoms with E-state index in [-0.39, 0.29) is 18.7 Å². The Balaban J connectivity index is 1.51. The van der Waals surface area contributed by atoms with Gasteiger partial charge in [-0.25, -0.2) is 4.79 Å². The summed E-state index contributed by atoms with van der Waals surface area (Å²) in [6.07, 6.45) is 8.46. The fourth-order valence-corrected chi connectivity index (χ4v) is 3.84. The topological polar surface area (TPSA) is 83.3 Å². The summed E-state index contributed by atoms with van der Waals surface area (Å²) in [5.74, 6) is 2.31. The van der Waals surface area contributed by atoms with Crippen LogP contribution in [0.4, 0.5) is 4.79 Å². The second kappa shape index (κ2) is 7.96. The van der Waals surface area contributed by atoms with Crippen molar-refractivity contribution in [2.45, 2.75) is 70.5 Å². The van der Waals surface area contributed by atoms with E-state index in [0.29, 0.717) is 12.5 Å². The molecule has 1 aromatic rings. The number of aromatic nitrogens is 3. The van der Waals surface area contributed by atoms with Crippen molar-refractivity contribution in [3.8, 4) is 0 Å². The molecular formula is C17H29N5O2. The first-order chi connectivity index (χ1) is 11.7. The van der Waals surface area contributed by atoms with Gasteiger partial charge in [-0.2, -0.15) is 0 Å². The Labute approximate surface area is 143 Å². The summed E-state index contributed by atoms with van der Waals surface area (Å²) in [6, 6.07) is 0.219. The average molecular weight is 335 g/mol. The molecule has 134 valence electrons. The van der Waals surface area contributed by atoms with Gasteiger partial charge < -0.3 is 19.9 Å². The van der Waals surface area contributed by atoms with Crippen molar-refractivity contribution in [3.63, 3.8) is 0 Å². The molecule has 1 aliphatic heterocycles. The maximum Gasteiger partial charge on any atom is 0.317 e. The maximum absolute atomic E-state index is 12.4. The van der Waals surface area contributed by atoms with Crippen LogP contribution in [0, 0.1) is 5.92 Å². The highest BCUT2D eigenvalue weighted by Gasteiger charge is 2.26. The number of aliphatic hydroxyl groups is 1. The number of aliphatic hydroxyl groups excluding tert-OH is 1. The van der Waals surface area contributed by atoms with Crippen LogP contribution in [0.25, 0.3) is 0 Å². The molecule has 1 fully saturated rings. The molecule has 0 radical (unpaired) electrons. The standard InChI is InChI=1S/C17H29N5O2/c1-21(14-8-6-13(12-23)7-9-14)17(24)18-11-16-20-19-15-5-3-2-4-10-22(15)16/h13-14,23H,2-12H2,1H3,(H,18,24). The number of fused-ring (bicyclic) bond motifs is 1. The summed E-state index contributed by atoms with van der Waals surface area (Å²) in [4.78, 5) is 14.2. The number of aryl methyl sites for hydroxylation is 1. The van der Waals surface area contributed by atoms with Crippen LogP contribution in [-0.4, -0.2) is 50.5 Å². The van der Waals surface area contributed by atoms with Gasteiger partial charge in [0.2, 0.25) is 0 Å². The van der Waals surface area contributed by atoms with Gasteiger partial charge in [-0.15, -0.1) is 10.2 Å². The van der Waals surface area contributed by atoms with E-state index in [1.165, 1.54) is 12.8 Å². The Kier molecular flexibility index (Phi) is 5.71. The highest BCUT2D eigenvalue weighted by Crippen LogP contribution is 2.26. The zero-order valence-corrected chi connectivity index (χ0v) is 14.6. The van der Waals surface area contributed by atoms with Crippen molar-refractivity contribution >= 4 is 6.03 Å². The summed E-state index contributed by atoms with van der Waals surface area (Å²) >= 11 is 0. The summed E-state index contributed by atoms with van der Waals surface area (Å²) in [5.41, 5.74) is 0. The molecule has 0 atom stereocenters. The van der Waals surface area contributed by atoms with Crippen LogP contribution in [0.5, 0.6) is 0 Å². The summed E-state index contributed by atoms with van der Waals surface area (Å²) in [6.45, 7) is 1.65. The number of rotatable bonds is 4. The number of hydrogen-bond donors (Lipinski definition) is 2. The van der Waals surface area contributed by atoms with E-state index in [4.69, 9.17) is 0 Å². The number of carbonyl (C=O) groups excluding carboxylic acids is 1. The van der Waals surface area contributed by atoms with E-state index in [2.05, 4.69) is 20.1 Å². The molecule has 2 amide bonds.